The molecule has 5 nitrogen and oxygen atoms in total. The molecule has 2 aliphatic rings. The zero-order valence-corrected chi connectivity index (χ0v) is 16.4. The van der Waals surface area contributed by atoms with E-state index in [0.29, 0.717) is 17.0 Å². The summed E-state index contributed by atoms with van der Waals surface area (Å²) in [5, 5.41) is 20.3. The van der Waals surface area contributed by atoms with Gasteiger partial charge in [0.2, 0.25) is 0 Å². The predicted molar refractivity (Wildman–Crippen MR) is 111 cm³/mol. The van der Waals surface area contributed by atoms with Crippen molar-refractivity contribution in [2.45, 2.75) is 50.6 Å². The number of halogens is 1. The maximum Gasteiger partial charge on any atom is 0.338 e. The molecule has 28 heavy (non-hydrogen) atoms. The van der Waals surface area contributed by atoms with Gasteiger partial charge in [0, 0.05) is 23.0 Å². The van der Waals surface area contributed by atoms with Gasteiger partial charge in [0.25, 0.3) is 0 Å². The van der Waals surface area contributed by atoms with Crippen LogP contribution in [0.4, 0.5) is 4.79 Å². The number of hydrogen-bond donors (Lipinski definition) is 2. The van der Waals surface area contributed by atoms with E-state index in [1.807, 2.05) is 36.4 Å². The van der Waals surface area contributed by atoms with Gasteiger partial charge < -0.3 is 10.4 Å². The van der Waals surface area contributed by atoms with Crippen molar-refractivity contribution in [3.05, 3.63) is 64.7 Å². The highest BCUT2D eigenvalue weighted by Crippen LogP contribution is 2.37. The van der Waals surface area contributed by atoms with Gasteiger partial charge in [-0.2, -0.15) is 5.10 Å². The lowest BCUT2D eigenvalue weighted by atomic mass is 9.95. The minimum absolute atomic E-state index is 0.176. The second-order valence-corrected chi connectivity index (χ2v) is 7.90. The number of nitrogens with one attached hydrogen (secondary N) is 1. The average Bonchev–Trinajstić information content (AvgIpc) is 3.15. The first kappa shape index (κ1) is 18.8. The quantitative estimate of drug-likeness (QED) is 0.743. The summed E-state index contributed by atoms with van der Waals surface area (Å²) in [4.78, 5) is 13.0. The zero-order valence-electron chi connectivity index (χ0n) is 15.6. The number of urea groups is 1. The lowest BCUT2D eigenvalue weighted by Crippen LogP contribution is -2.43. The molecule has 2 aromatic rings. The Labute approximate surface area is 170 Å². The lowest BCUT2D eigenvalue weighted by molar-refractivity contribution is 0.178. The van der Waals surface area contributed by atoms with Crippen LogP contribution in [-0.4, -0.2) is 27.9 Å². The van der Waals surface area contributed by atoms with Gasteiger partial charge in [0.1, 0.15) is 5.75 Å². The average molecular weight is 398 g/mol. The van der Waals surface area contributed by atoms with Gasteiger partial charge in [-0.1, -0.05) is 61.2 Å². The molecule has 2 amide bonds. The maximum absolute atomic E-state index is 13.0. The smallest absolute Gasteiger partial charge is 0.338 e. The Morgan fingerprint density at radius 3 is 2.50 bits per heavy atom. The highest BCUT2D eigenvalue weighted by molar-refractivity contribution is 6.30. The van der Waals surface area contributed by atoms with E-state index in [2.05, 4.69) is 10.4 Å². The molecule has 146 valence electrons. The number of phenolic OH excluding ortho intramolecular Hbond substituents is 1. The fraction of sp³-hybridized carbons (Fsp3) is 0.364. The minimum atomic E-state index is -0.338. The third-order valence-corrected chi connectivity index (χ3v) is 5.78. The standard InChI is InChI=1S/C22H24ClN3O2/c23-16-12-10-15(11-13-16)19-14-20(18-8-4-5-9-21(18)27)26(25-19)22(28)24-17-6-2-1-3-7-17/h4-5,8-13,17,20,27H,1-3,6-7,14H2,(H,24,28). The van der Waals surface area contributed by atoms with Crippen molar-refractivity contribution in [3.63, 3.8) is 0 Å². The van der Waals surface area contributed by atoms with Gasteiger partial charge in [0.15, 0.2) is 0 Å². The van der Waals surface area contributed by atoms with Crippen molar-refractivity contribution in [1.82, 2.24) is 10.3 Å². The zero-order chi connectivity index (χ0) is 19.5. The summed E-state index contributed by atoms with van der Waals surface area (Å²) in [6.07, 6.45) is 6.08. The molecule has 1 saturated carbocycles. The Bertz CT molecular complexity index is 876. The molecule has 1 atom stereocenters. The fourth-order valence-electron chi connectivity index (χ4n) is 4.01. The van der Waals surface area contributed by atoms with E-state index < -0.39 is 0 Å². The first-order valence-corrected chi connectivity index (χ1v) is 10.2. The van der Waals surface area contributed by atoms with Crippen LogP contribution in [0.5, 0.6) is 5.75 Å². The number of hydrazone groups is 1. The third-order valence-electron chi connectivity index (χ3n) is 5.52. The molecule has 1 aliphatic carbocycles. The number of phenols is 1. The van der Waals surface area contributed by atoms with Crippen LogP contribution >= 0.6 is 11.6 Å². The number of amides is 2. The number of nitrogens with zero attached hydrogens (tertiary/aromatic N) is 2. The number of aromatic hydroxyl groups is 1. The molecule has 0 saturated heterocycles. The highest BCUT2D eigenvalue weighted by atomic mass is 35.5. The molecule has 6 heteroatoms. The molecular weight excluding hydrogens is 374 g/mol. The number of hydrogen-bond acceptors (Lipinski definition) is 3. The highest BCUT2D eigenvalue weighted by Gasteiger charge is 2.35. The van der Waals surface area contributed by atoms with Gasteiger partial charge in [0.05, 0.1) is 11.8 Å². The van der Waals surface area contributed by atoms with Crippen molar-refractivity contribution < 1.29 is 9.90 Å². The van der Waals surface area contributed by atoms with Crippen LogP contribution in [0.15, 0.2) is 53.6 Å². The lowest BCUT2D eigenvalue weighted by Gasteiger charge is -2.27. The summed E-state index contributed by atoms with van der Waals surface area (Å²) in [5.41, 5.74) is 2.44. The van der Waals surface area contributed by atoms with Crippen LogP contribution in [0.3, 0.4) is 0 Å². The van der Waals surface area contributed by atoms with Gasteiger partial charge in [-0.05, 0) is 36.6 Å². The van der Waals surface area contributed by atoms with Crippen LogP contribution in [0.1, 0.15) is 55.7 Å². The van der Waals surface area contributed by atoms with Gasteiger partial charge >= 0.3 is 6.03 Å². The fourth-order valence-corrected chi connectivity index (χ4v) is 4.14. The SMILES string of the molecule is O=C(NC1CCCCC1)N1N=C(c2ccc(Cl)cc2)CC1c1ccccc1O. The van der Waals surface area contributed by atoms with Gasteiger partial charge in [-0.25, -0.2) is 9.80 Å². The summed E-state index contributed by atoms with van der Waals surface area (Å²) in [6, 6.07) is 14.2. The summed E-state index contributed by atoms with van der Waals surface area (Å²) in [5.74, 6) is 0.176. The summed E-state index contributed by atoms with van der Waals surface area (Å²) >= 11 is 6.00. The predicted octanol–water partition coefficient (Wildman–Crippen LogP) is 5.24. The van der Waals surface area contributed by atoms with Crippen LogP contribution in [0.2, 0.25) is 5.02 Å². The van der Waals surface area contributed by atoms with E-state index in [4.69, 9.17) is 11.6 Å². The van der Waals surface area contributed by atoms with Gasteiger partial charge in [-0.15, -0.1) is 0 Å². The first-order valence-electron chi connectivity index (χ1n) is 9.83. The molecule has 0 spiro atoms. The summed E-state index contributed by atoms with van der Waals surface area (Å²) in [6.45, 7) is 0. The van der Waals surface area contributed by atoms with Crippen LogP contribution in [0.25, 0.3) is 0 Å². The van der Waals surface area contributed by atoms with Crippen molar-refractivity contribution in [2.75, 3.05) is 0 Å². The molecule has 0 aromatic heterocycles. The Morgan fingerprint density at radius 2 is 1.79 bits per heavy atom. The van der Waals surface area contributed by atoms with Crippen molar-refractivity contribution in [3.8, 4) is 5.75 Å². The molecule has 1 fully saturated rings. The summed E-state index contributed by atoms with van der Waals surface area (Å²) < 4.78 is 0. The van der Waals surface area contributed by atoms with E-state index >= 15 is 0 Å². The number of carbonyl (C=O) groups excluding carboxylic acids is 1. The molecule has 0 radical (unpaired) electrons. The van der Waals surface area contributed by atoms with Crippen LogP contribution < -0.4 is 5.32 Å². The summed E-state index contributed by atoms with van der Waals surface area (Å²) in [7, 11) is 0. The number of para-hydroxylation sites is 1. The molecule has 1 aliphatic heterocycles. The van der Waals surface area contributed by atoms with E-state index in [-0.39, 0.29) is 23.9 Å². The third kappa shape index (κ3) is 3.99. The van der Waals surface area contributed by atoms with Crippen molar-refractivity contribution in [2.24, 2.45) is 5.10 Å². The Hall–Kier alpha value is -2.53. The van der Waals surface area contributed by atoms with E-state index in [1.54, 1.807) is 12.1 Å². The molecule has 1 heterocycles. The minimum Gasteiger partial charge on any atom is -0.508 e. The molecule has 4 rings (SSSR count). The number of rotatable bonds is 3. The molecule has 2 aromatic carbocycles. The van der Waals surface area contributed by atoms with Crippen molar-refractivity contribution in [1.29, 1.82) is 0 Å². The Balaban J connectivity index is 1.62. The van der Waals surface area contributed by atoms with Gasteiger partial charge in [-0.3, -0.25) is 0 Å². The monoisotopic (exact) mass is 397 g/mol. The topological polar surface area (TPSA) is 64.9 Å². The molecular formula is C22H24ClN3O2. The molecule has 2 N–H and O–H groups in total. The Kier molecular flexibility index (Phi) is 5.53. The maximum atomic E-state index is 13.0. The second-order valence-electron chi connectivity index (χ2n) is 7.46. The largest absolute Gasteiger partial charge is 0.508 e. The molecule has 1 unspecified atom stereocenters. The molecule has 0 bridgehead atoms. The number of benzene rings is 2. The van der Waals surface area contributed by atoms with Crippen LogP contribution in [-0.2, 0) is 0 Å². The van der Waals surface area contributed by atoms with E-state index in [0.717, 1.165) is 37.0 Å². The van der Waals surface area contributed by atoms with E-state index in [1.165, 1.54) is 11.4 Å². The first-order chi connectivity index (χ1) is 13.6. The normalized spacial score (nSPS) is 20.1. The van der Waals surface area contributed by atoms with Crippen LogP contribution in [0, 0.1) is 0 Å². The van der Waals surface area contributed by atoms with E-state index in [9.17, 15) is 9.90 Å². The van der Waals surface area contributed by atoms with Crippen molar-refractivity contribution >= 4 is 23.3 Å². The number of carbonyl (C=O) groups is 1. The second kappa shape index (κ2) is 8.23. The Morgan fingerprint density at radius 1 is 1.07 bits per heavy atom.